The zero-order chi connectivity index (χ0) is 15.1. The number of carboxylic acid groups (broad SMARTS) is 1. The molecule has 3 amide bonds. The van der Waals surface area contributed by atoms with Crippen molar-refractivity contribution >= 4 is 23.8 Å². The number of ether oxygens (including phenoxy) is 1. The number of nitrogens with two attached hydrogens (primary N) is 1. The molecule has 0 saturated carbocycles. The predicted octanol–water partition coefficient (Wildman–Crippen LogP) is 0.307. The van der Waals surface area contributed by atoms with E-state index in [2.05, 4.69) is 15.4 Å². The van der Waals surface area contributed by atoms with Crippen LogP contribution >= 0.6 is 0 Å². The summed E-state index contributed by atoms with van der Waals surface area (Å²) in [6.45, 7) is -0.0991. The molecule has 9 heteroatoms. The van der Waals surface area contributed by atoms with E-state index in [1.807, 2.05) is 0 Å². The Kier molecular flexibility index (Phi) is 5.15. The number of carbonyl (C=O) groups is 3. The zero-order valence-electron chi connectivity index (χ0n) is 10.3. The molecular weight excluding hydrogens is 270 g/mol. The van der Waals surface area contributed by atoms with Gasteiger partial charge in [-0.25, -0.2) is 14.4 Å². The Morgan fingerprint density at radius 1 is 1.30 bits per heavy atom. The summed E-state index contributed by atoms with van der Waals surface area (Å²) in [4.78, 5) is 32.5. The van der Waals surface area contributed by atoms with Crippen molar-refractivity contribution in [1.82, 2.24) is 5.32 Å². The molecule has 0 fully saturated rings. The van der Waals surface area contributed by atoms with Crippen molar-refractivity contribution in [3.8, 4) is 5.75 Å². The predicted molar refractivity (Wildman–Crippen MR) is 67.6 cm³/mol. The average Bonchev–Trinajstić information content (AvgIpc) is 2.36. The third kappa shape index (κ3) is 4.37. The van der Waals surface area contributed by atoms with E-state index in [1.165, 1.54) is 18.2 Å². The fourth-order valence-electron chi connectivity index (χ4n) is 1.30. The smallest absolute Gasteiger partial charge is 0.404 e. The Hall–Kier alpha value is -2.97. The first-order chi connectivity index (χ1) is 9.41. The summed E-state index contributed by atoms with van der Waals surface area (Å²) in [6, 6.07) is 3.20. The zero-order valence-corrected chi connectivity index (χ0v) is 10.3. The first kappa shape index (κ1) is 15.1. The number of carbonyl (C=O) groups excluding carboxylic acids is 2. The van der Waals surface area contributed by atoms with Gasteiger partial charge in [0.05, 0.1) is 12.2 Å². The quantitative estimate of drug-likeness (QED) is 0.387. The number of para-hydroxylation sites is 1. The number of amides is 3. The Morgan fingerprint density at radius 3 is 2.60 bits per heavy atom. The number of nitrogens with one attached hydrogen (secondary N) is 2. The summed E-state index contributed by atoms with van der Waals surface area (Å²) in [5.41, 5.74) is 4.33. The minimum atomic E-state index is -1.32. The minimum absolute atomic E-state index is 0.00809. The normalized spacial score (nSPS) is 9.60. The van der Waals surface area contributed by atoms with Gasteiger partial charge in [0.15, 0.2) is 5.75 Å². The Morgan fingerprint density at radius 2 is 2.00 bits per heavy atom. The molecule has 108 valence electrons. The molecule has 0 atom stereocenters. The topological polar surface area (TPSA) is 151 Å². The highest BCUT2D eigenvalue weighted by Gasteiger charge is 2.14. The number of primary amides is 1. The molecule has 0 radical (unpaired) electrons. The summed E-state index contributed by atoms with van der Waals surface area (Å²) in [7, 11) is 0. The highest BCUT2D eigenvalue weighted by atomic mass is 16.5. The SMILES string of the molecule is NC(=O)OCCNC(=O)Nc1cccc(C(=O)O)c1O. The van der Waals surface area contributed by atoms with E-state index in [4.69, 9.17) is 10.8 Å². The molecule has 0 unspecified atom stereocenters. The number of urea groups is 1. The van der Waals surface area contributed by atoms with Crippen LogP contribution in [0.4, 0.5) is 15.3 Å². The van der Waals surface area contributed by atoms with E-state index in [0.29, 0.717) is 0 Å². The number of anilines is 1. The van der Waals surface area contributed by atoms with Gasteiger partial charge in [-0.3, -0.25) is 0 Å². The van der Waals surface area contributed by atoms with E-state index >= 15 is 0 Å². The van der Waals surface area contributed by atoms with Gasteiger partial charge in [-0.2, -0.15) is 0 Å². The van der Waals surface area contributed by atoms with Gasteiger partial charge in [-0.15, -0.1) is 0 Å². The molecule has 1 aromatic rings. The van der Waals surface area contributed by atoms with Gasteiger partial charge in [-0.05, 0) is 12.1 Å². The fourth-order valence-corrected chi connectivity index (χ4v) is 1.30. The lowest BCUT2D eigenvalue weighted by molar-refractivity contribution is 0.0693. The highest BCUT2D eigenvalue weighted by Crippen LogP contribution is 2.27. The van der Waals surface area contributed by atoms with Gasteiger partial charge in [-0.1, -0.05) is 6.07 Å². The molecule has 0 aliphatic rings. The Bertz CT molecular complexity index is 531. The third-order valence-electron chi connectivity index (χ3n) is 2.15. The molecule has 0 spiro atoms. The van der Waals surface area contributed by atoms with Crippen molar-refractivity contribution in [3.63, 3.8) is 0 Å². The number of rotatable bonds is 5. The maximum absolute atomic E-state index is 11.4. The second-order valence-corrected chi connectivity index (χ2v) is 3.56. The van der Waals surface area contributed by atoms with Crippen LogP contribution in [0.25, 0.3) is 0 Å². The molecule has 20 heavy (non-hydrogen) atoms. The summed E-state index contributed by atoms with van der Waals surface area (Å²) in [5.74, 6) is -1.87. The lowest BCUT2D eigenvalue weighted by Crippen LogP contribution is -2.32. The molecule has 0 aliphatic heterocycles. The Labute approximate surface area is 113 Å². The van der Waals surface area contributed by atoms with Gasteiger partial charge >= 0.3 is 18.1 Å². The van der Waals surface area contributed by atoms with Crippen LogP contribution in [0.1, 0.15) is 10.4 Å². The maximum Gasteiger partial charge on any atom is 0.404 e. The number of aromatic carboxylic acids is 1. The largest absolute Gasteiger partial charge is 0.505 e. The van der Waals surface area contributed by atoms with Gasteiger partial charge in [0.2, 0.25) is 0 Å². The lowest BCUT2D eigenvalue weighted by atomic mass is 10.2. The van der Waals surface area contributed by atoms with E-state index < -0.39 is 23.8 Å². The highest BCUT2D eigenvalue weighted by molar-refractivity contribution is 5.97. The molecule has 0 bridgehead atoms. The van der Waals surface area contributed by atoms with Gasteiger partial charge in [0.25, 0.3) is 0 Å². The van der Waals surface area contributed by atoms with E-state index in [-0.39, 0.29) is 24.4 Å². The number of aromatic hydroxyl groups is 1. The van der Waals surface area contributed by atoms with Crippen molar-refractivity contribution in [1.29, 1.82) is 0 Å². The fraction of sp³-hybridized carbons (Fsp3) is 0.182. The molecule has 1 aromatic carbocycles. The molecular formula is C11H13N3O6. The van der Waals surface area contributed by atoms with Crippen LogP contribution in [0.15, 0.2) is 18.2 Å². The molecule has 0 aromatic heterocycles. The van der Waals surface area contributed by atoms with Gasteiger partial charge < -0.3 is 31.3 Å². The minimum Gasteiger partial charge on any atom is -0.505 e. The van der Waals surface area contributed by atoms with Crippen LogP contribution in [0.5, 0.6) is 5.75 Å². The van der Waals surface area contributed by atoms with Crippen LogP contribution in [0, 0.1) is 0 Å². The number of carboxylic acids is 1. The molecule has 0 aliphatic carbocycles. The maximum atomic E-state index is 11.4. The van der Waals surface area contributed by atoms with Crippen LogP contribution in [-0.4, -0.2) is 41.5 Å². The summed E-state index contributed by atoms with van der Waals surface area (Å²) in [6.07, 6.45) is -0.959. The molecule has 6 N–H and O–H groups in total. The van der Waals surface area contributed by atoms with Gasteiger partial charge in [0.1, 0.15) is 12.2 Å². The van der Waals surface area contributed by atoms with Gasteiger partial charge in [0, 0.05) is 0 Å². The summed E-state index contributed by atoms with van der Waals surface area (Å²) in [5, 5.41) is 23.0. The first-order valence-electron chi connectivity index (χ1n) is 5.44. The number of benzene rings is 1. The van der Waals surface area contributed by atoms with E-state index in [9.17, 15) is 19.5 Å². The molecule has 1 rings (SSSR count). The number of hydrogen-bond donors (Lipinski definition) is 5. The van der Waals surface area contributed by atoms with Crippen molar-refractivity contribution in [3.05, 3.63) is 23.8 Å². The van der Waals surface area contributed by atoms with E-state index in [0.717, 1.165) is 0 Å². The third-order valence-corrected chi connectivity index (χ3v) is 2.15. The van der Waals surface area contributed by atoms with Crippen LogP contribution in [0.3, 0.4) is 0 Å². The lowest BCUT2D eigenvalue weighted by Gasteiger charge is -2.10. The van der Waals surface area contributed by atoms with Crippen LogP contribution in [0.2, 0.25) is 0 Å². The Balaban J connectivity index is 2.56. The number of phenols is 1. The number of hydrogen-bond acceptors (Lipinski definition) is 5. The first-order valence-corrected chi connectivity index (χ1v) is 5.44. The van der Waals surface area contributed by atoms with Crippen molar-refractivity contribution < 1.29 is 29.3 Å². The second-order valence-electron chi connectivity index (χ2n) is 3.56. The monoisotopic (exact) mass is 283 g/mol. The summed E-state index contributed by atoms with van der Waals surface area (Å²) >= 11 is 0. The van der Waals surface area contributed by atoms with Crippen molar-refractivity contribution in [2.24, 2.45) is 5.73 Å². The average molecular weight is 283 g/mol. The van der Waals surface area contributed by atoms with Crippen molar-refractivity contribution in [2.75, 3.05) is 18.5 Å². The van der Waals surface area contributed by atoms with E-state index in [1.54, 1.807) is 0 Å². The van der Waals surface area contributed by atoms with Crippen molar-refractivity contribution in [2.45, 2.75) is 0 Å². The molecule has 0 saturated heterocycles. The summed E-state index contributed by atoms with van der Waals surface area (Å²) < 4.78 is 4.39. The molecule has 9 nitrogen and oxygen atoms in total. The second kappa shape index (κ2) is 6.83. The van der Waals surface area contributed by atoms with Crippen LogP contribution in [-0.2, 0) is 4.74 Å². The standard InChI is InChI=1S/C11H13N3O6/c12-10(18)20-5-4-13-11(19)14-7-3-1-2-6(8(7)15)9(16)17/h1-3,15H,4-5H2,(H2,12,18)(H,16,17)(H2,13,14,19). The molecule has 0 heterocycles. The van der Waals surface area contributed by atoms with Crippen LogP contribution < -0.4 is 16.4 Å².